The molecule has 2 unspecified atom stereocenters. The lowest BCUT2D eigenvalue weighted by atomic mass is 9.89. The van der Waals surface area contributed by atoms with E-state index >= 15 is 0 Å². The molecular formula is C17H25N3O. The fraction of sp³-hybridized carbons (Fsp3) is 0.588. The third-order valence-electron chi connectivity index (χ3n) is 4.87. The van der Waals surface area contributed by atoms with Crippen LogP contribution in [0.25, 0.3) is 0 Å². The number of aryl methyl sites for hydroxylation is 1. The van der Waals surface area contributed by atoms with Gasteiger partial charge >= 0.3 is 0 Å². The normalized spacial score (nSPS) is 26.3. The number of nitrogens with zero attached hydrogens (tertiary/aromatic N) is 1. The second-order valence-electron chi connectivity index (χ2n) is 6.29. The number of hydrogen-bond acceptors (Lipinski definition) is 3. The summed E-state index contributed by atoms with van der Waals surface area (Å²) in [6.07, 6.45) is 5.54. The van der Waals surface area contributed by atoms with Gasteiger partial charge in [0, 0.05) is 24.7 Å². The van der Waals surface area contributed by atoms with Crippen LogP contribution >= 0.6 is 0 Å². The Hall–Kier alpha value is -1.39. The van der Waals surface area contributed by atoms with Crippen LogP contribution in [0.5, 0.6) is 0 Å². The molecule has 1 aliphatic heterocycles. The zero-order valence-electron chi connectivity index (χ0n) is 12.8. The summed E-state index contributed by atoms with van der Waals surface area (Å²) in [6, 6.07) is 6.69. The average molecular weight is 287 g/mol. The Balaban J connectivity index is 1.74. The first-order chi connectivity index (χ1) is 10.1. The Bertz CT molecular complexity index is 527. The molecule has 0 amide bonds. The maximum atomic E-state index is 7.53. The number of rotatable bonds is 3. The largest absolute Gasteiger partial charge is 0.384 e. The van der Waals surface area contributed by atoms with Crippen LogP contribution in [0.3, 0.4) is 0 Å². The van der Waals surface area contributed by atoms with E-state index in [9.17, 15) is 0 Å². The average Bonchev–Trinajstić information content (AvgIpc) is 2.49. The molecule has 2 fully saturated rings. The molecule has 1 saturated carbocycles. The van der Waals surface area contributed by atoms with Crippen LogP contribution in [-0.4, -0.2) is 36.0 Å². The third kappa shape index (κ3) is 3.11. The molecule has 114 valence electrons. The van der Waals surface area contributed by atoms with Crippen LogP contribution in [0, 0.1) is 12.3 Å². The minimum Gasteiger partial charge on any atom is -0.384 e. The van der Waals surface area contributed by atoms with Crippen LogP contribution in [0.1, 0.15) is 42.4 Å². The van der Waals surface area contributed by atoms with Gasteiger partial charge in [-0.15, -0.1) is 0 Å². The minimum atomic E-state index is 0.142. The van der Waals surface area contributed by atoms with Crippen LogP contribution in [0.4, 0.5) is 0 Å². The molecule has 2 aliphatic rings. The first-order valence-electron chi connectivity index (χ1n) is 7.95. The molecule has 1 saturated heterocycles. The van der Waals surface area contributed by atoms with Crippen LogP contribution < -0.4 is 5.73 Å². The number of nitrogens with two attached hydrogens (primary N) is 1. The van der Waals surface area contributed by atoms with Crippen molar-refractivity contribution in [1.82, 2.24) is 4.90 Å². The number of hydrogen-bond donors (Lipinski definition) is 2. The Kier molecular flexibility index (Phi) is 4.27. The molecule has 4 heteroatoms. The number of ether oxygens (including phenoxy) is 1. The molecule has 0 spiro atoms. The zero-order chi connectivity index (χ0) is 14.8. The van der Waals surface area contributed by atoms with Crippen molar-refractivity contribution in [2.45, 2.75) is 51.3 Å². The summed E-state index contributed by atoms with van der Waals surface area (Å²) in [5, 5.41) is 7.53. The molecule has 1 aliphatic carbocycles. The molecule has 0 aromatic heterocycles. The first kappa shape index (κ1) is 14.5. The van der Waals surface area contributed by atoms with E-state index in [1.54, 1.807) is 0 Å². The molecule has 3 rings (SSSR count). The van der Waals surface area contributed by atoms with Crippen LogP contribution in [0.2, 0.25) is 0 Å². The van der Waals surface area contributed by atoms with Crippen molar-refractivity contribution in [3.05, 3.63) is 34.9 Å². The number of benzene rings is 1. The van der Waals surface area contributed by atoms with Gasteiger partial charge in [-0.25, -0.2) is 0 Å². The van der Waals surface area contributed by atoms with Crippen molar-refractivity contribution in [3.63, 3.8) is 0 Å². The summed E-state index contributed by atoms with van der Waals surface area (Å²) in [4.78, 5) is 2.59. The van der Waals surface area contributed by atoms with Gasteiger partial charge < -0.3 is 10.5 Å². The maximum Gasteiger partial charge on any atom is 0.122 e. The summed E-state index contributed by atoms with van der Waals surface area (Å²) in [5.74, 6) is 0.142. The van der Waals surface area contributed by atoms with Crippen molar-refractivity contribution in [2.24, 2.45) is 5.73 Å². The van der Waals surface area contributed by atoms with Gasteiger partial charge in [0.05, 0.1) is 12.7 Å². The van der Waals surface area contributed by atoms with E-state index in [1.807, 2.05) is 12.1 Å². The van der Waals surface area contributed by atoms with Crippen molar-refractivity contribution in [2.75, 3.05) is 13.2 Å². The van der Waals surface area contributed by atoms with Gasteiger partial charge in [0.2, 0.25) is 0 Å². The predicted octanol–water partition coefficient (Wildman–Crippen LogP) is 2.42. The number of nitrogens with one attached hydrogen (secondary N) is 1. The molecule has 1 aromatic carbocycles. The van der Waals surface area contributed by atoms with Crippen LogP contribution in [-0.2, 0) is 11.3 Å². The first-order valence-corrected chi connectivity index (χ1v) is 7.95. The molecule has 2 atom stereocenters. The van der Waals surface area contributed by atoms with Crippen molar-refractivity contribution in [1.29, 1.82) is 5.41 Å². The minimum absolute atomic E-state index is 0.142. The van der Waals surface area contributed by atoms with Gasteiger partial charge in [0.1, 0.15) is 5.84 Å². The van der Waals surface area contributed by atoms with E-state index in [0.29, 0.717) is 12.1 Å². The lowest BCUT2D eigenvalue weighted by Gasteiger charge is -2.44. The smallest absolute Gasteiger partial charge is 0.122 e. The van der Waals surface area contributed by atoms with Gasteiger partial charge in [-0.05, 0) is 37.0 Å². The van der Waals surface area contributed by atoms with Gasteiger partial charge in [-0.3, -0.25) is 10.3 Å². The fourth-order valence-electron chi connectivity index (χ4n) is 3.63. The predicted molar refractivity (Wildman–Crippen MR) is 84.6 cm³/mol. The Morgan fingerprint density at radius 2 is 2.19 bits per heavy atom. The number of fused-ring (bicyclic) bond motifs is 1. The van der Waals surface area contributed by atoms with Gasteiger partial charge in [-0.2, -0.15) is 0 Å². The Morgan fingerprint density at radius 1 is 1.38 bits per heavy atom. The number of nitrogen functional groups attached to an aromatic ring is 1. The van der Waals surface area contributed by atoms with E-state index < -0.39 is 0 Å². The highest BCUT2D eigenvalue weighted by molar-refractivity contribution is 5.95. The number of amidine groups is 1. The van der Waals surface area contributed by atoms with Crippen molar-refractivity contribution >= 4 is 5.84 Å². The molecule has 4 nitrogen and oxygen atoms in total. The molecule has 0 radical (unpaired) electrons. The molecule has 3 N–H and O–H groups in total. The quantitative estimate of drug-likeness (QED) is 0.663. The lowest BCUT2D eigenvalue weighted by Crippen LogP contribution is -2.52. The summed E-state index contributed by atoms with van der Waals surface area (Å²) < 4.78 is 5.94. The summed E-state index contributed by atoms with van der Waals surface area (Å²) in [5.41, 5.74) is 8.94. The van der Waals surface area contributed by atoms with Gasteiger partial charge in [-0.1, -0.05) is 25.0 Å². The van der Waals surface area contributed by atoms with Crippen molar-refractivity contribution in [3.8, 4) is 0 Å². The monoisotopic (exact) mass is 287 g/mol. The summed E-state index contributed by atoms with van der Waals surface area (Å²) in [7, 11) is 0. The van der Waals surface area contributed by atoms with E-state index in [-0.39, 0.29) is 5.84 Å². The highest BCUT2D eigenvalue weighted by atomic mass is 16.5. The fourth-order valence-corrected chi connectivity index (χ4v) is 3.63. The highest BCUT2D eigenvalue weighted by Gasteiger charge is 2.34. The Morgan fingerprint density at radius 3 is 2.95 bits per heavy atom. The highest BCUT2D eigenvalue weighted by Crippen LogP contribution is 2.29. The van der Waals surface area contributed by atoms with E-state index in [4.69, 9.17) is 15.9 Å². The topological polar surface area (TPSA) is 62.3 Å². The van der Waals surface area contributed by atoms with E-state index in [1.165, 1.54) is 36.8 Å². The van der Waals surface area contributed by atoms with E-state index in [0.717, 1.165) is 25.3 Å². The number of morpholine rings is 1. The third-order valence-corrected chi connectivity index (χ3v) is 4.87. The Labute approximate surface area is 126 Å². The van der Waals surface area contributed by atoms with Crippen LogP contribution in [0.15, 0.2) is 18.2 Å². The second-order valence-corrected chi connectivity index (χ2v) is 6.29. The van der Waals surface area contributed by atoms with Crippen molar-refractivity contribution < 1.29 is 4.74 Å². The van der Waals surface area contributed by atoms with E-state index in [2.05, 4.69) is 17.9 Å². The lowest BCUT2D eigenvalue weighted by molar-refractivity contribution is -0.0911. The standard InChI is InChI=1S/C17H25N3O/c1-12-10-13(17(18)19)6-7-14(12)11-20-8-9-21-16-5-3-2-4-15(16)20/h6-7,10,15-16H,2-5,8-9,11H2,1H3,(H3,18,19). The molecule has 1 aromatic rings. The van der Waals surface area contributed by atoms with Gasteiger partial charge in [0.25, 0.3) is 0 Å². The SMILES string of the molecule is Cc1cc(C(=N)N)ccc1CN1CCOC2CCCCC21. The maximum absolute atomic E-state index is 7.53. The summed E-state index contributed by atoms with van der Waals surface area (Å²) >= 11 is 0. The summed E-state index contributed by atoms with van der Waals surface area (Å²) in [6.45, 7) is 4.97. The molecule has 21 heavy (non-hydrogen) atoms. The molecule has 0 bridgehead atoms. The van der Waals surface area contributed by atoms with Gasteiger partial charge in [0.15, 0.2) is 0 Å². The molecule has 1 heterocycles. The zero-order valence-corrected chi connectivity index (χ0v) is 12.8. The molecular weight excluding hydrogens is 262 g/mol. The second kappa shape index (κ2) is 6.16.